The molecule has 0 radical (unpaired) electrons. The third kappa shape index (κ3) is 7.77. The highest BCUT2D eigenvalue weighted by Gasteiger charge is 2.16. The minimum Gasteiger partial charge on any atom is -0.0838 e. The van der Waals surface area contributed by atoms with Crippen molar-refractivity contribution in [1.82, 2.24) is 0 Å². The van der Waals surface area contributed by atoms with Gasteiger partial charge in [-0.2, -0.15) is 0 Å². The van der Waals surface area contributed by atoms with Gasteiger partial charge in [0.05, 0.1) is 8.07 Å². The van der Waals surface area contributed by atoms with Crippen molar-refractivity contribution in [3.05, 3.63) is 20.4 Å². The van der Waals surface area contributed by atoms with Gasteiger partial charge >= 0.3 is 0 Å². The predicted molar refractivity (Wildman–Crippen MR) is 97.2 cm³/mol. The minimum absolute atomic E-state index is 1.12. The quantitative estimate of drug-likeness (QED) is 0.245. The van der Waals surface area contributed by atoms with E-state index >= 15 is 0 Å². The molecule has 0 saturated carbocycles. The van der Waals surface area contributed by atoms with Crippen molar-refractivity contribution >= 4 is 30.7 Å². The van der Waals surface area contributed by atoms with Crippen LogP contribution in [0.3, 0.4) is 0 Å². The molecule has 0 bridgehead atoms. The first kappa shape index (κ1) is 18.4. The number of hydrogen-bond acceptors (Lipinski definition) is 0. The third-order valence-electron chi connectivity index (χ3n) is 3.47. The second kappa shape index (κ2) is 9.35. The van der Waals surface area contributed by atoms with Crippen LogP contribution in [0, 0.1) is 0 Å². The molecule has 0 saturated heterocycles. The smallest absolute Gasteiger partial charge is 0.0720 e. The Balaban J connectivity index is 4.99. The number of allylic oxidation sites excluding steroid dienone is 4. The Hall–Kier alpha value is 0.427. The minimum atomic E-state index is -1.12. The Bertz CT molecular complexity index is 295. The van der Waals surface area contributed by atoms with E-state index in [1.807, 2.05) is 0 Å². The molecule has 0 amide bonds. The van der Waals surface area contributed by atoms with E-state index in [0.717, 1.165) is 0 Å². The number of unbranched alkanes of at least 4 members (excludes halogenated alkanes) is 2. The molecule has 0 nitrogen and oxygen atoms in total. The molecule has 0 aromatic rings. The van der Waals surface area contributed by atoms with Crippen molar-refractivity contribution in [2.75, 3.05) is 0 Å². The maximum absolute atomic E-state index is 2.58. The average Bonchev–Trinajstić information content (AvgIpc) is 2.29. The molecule has 0 aliphatic heterocycles. The molecular weight excluding hydrogens is 347 g/mol. The zero-order valence-corrected chi connectivity index (χ0v) is 16.4. The van der Waals surface area contributed by atoms with E-state index in [1.165, 1.54) is 38.5 Å². The van der Waals surface area contributed by atoms with Crippen LogP contribution in [0.5, 0.6) is 0 Å². The van der Waals surface area contributed by atoms with Crippen molar-refractivity contribution in [3.63, 3.8) is 0 Å². The molecule has 0 spiro atoms. The van der Waals surface area contributed by atoms with Crippen LogP contribution in [0.25, 0.3) is 0 Å². The van der Waals surface area contributed by atoms with Crippen LogP contribution in [0.2, 0.25) is 19.6 Å². The number of hydrogen-bond donors (Lipinski definition) is 0. The first-order chi connectivity index (χ1) is 8.32. The Morgan fingerprint density at radius 3 is 1.94 bits per heavy atom. The normalized spacial score (nSPS) is 14.7. The summed E-state index contributed by atoms with van der Waals surface area (Å²) in [6, 6.07) is 0. The fourth-order valence-electron chi connectivity index (χ4n) is 1.62. The van der Waals surface area contributed by atoms with Crippen LogP contribution >= 0.6 is 22.6 Å². The van der Waals surface area contributed by atoms with Gasteiger partial charge in [0.2, 0.25) is 0 Å². The fourth-order valence-corrected chi connectivity index (χ4v) is 3.04. The van der Waals surface area contributed by atoms with Crippen molar-refractivity contribution in [1.29, 1.82) is 0 Å². The molecule has 106 valence electrons. The Kier molecular flexibility index (Phi) is 9.57. The Morgan fingerprint density at radius 1 is 1.00 bits per heavy atom. The highest BCUT2D eigenvalue weighted by atomic mass is 127. The summed E-state index contributed by atoms with van der Waals surface area (Å²) in [5, 5.41) is 1.64. The lowest BCUT2D eigenvalue weighted by Crippen LogP contribution is -2.22. The summed E-state index contributed by atoms with van der Waals surface area (Å²) < 4.78 is 1.60. The van der Waals surface area contributed by atoms with Crippen molar-refractivity contribution < 1.29 is 0 Å². The van der Waals surface area contributed by atoms with Gasteiger partial charge in [-0.25, -0.2) is 0 Å². The Morgan fingerprint density at radius 2 is 1.50 bits per heavy atom. The van der Waals surface area contributed by atoms with Crippen LogP contribution in [0.1, 0.15) is 59.3 Å². The first-order valence-electron chi connectivity index (χ1n) is 7.39. The summed E-state index contributed by atoms with van der Waals surface area (Å²) in [6.07, 6.45) is 10.3. The molecule has 2 heteroatoms. The maximum atomic E-state index is 2.58. The molecule has 0 aromatic heterocycles. The van der Waals surface area contributed by atoms with Gasteiger partial charge in [-0.1, -0.05) is 57.6 Å². The average molecular weight is 378 g/mol. The maximum Gasteiger partial charge on any atom is 0.0720 e. The number of rotatable bonds is 8. The van der Waals surface area contributed by atoms with Gasteiger partial charge in [0, 0.05) is 0 Å². The lowest BCUT2D eigenvalue weighted by molar-refractivity contribution is 0.775. The van der Waals surface area contributed by atoms with E-state index in [2.05, 4.69) is 69.1 Å². The van der Waals surface area contributed by atoms with Crippen molar-refractivity contribution in [3.8, 4) is 0 Å². The summed E-state index contributed by atoms with van der Waals surface area (Å²) in [5.74, 6) is 0. The summed E-state index contributed by atoms with van der Waals surface area (Å²) in [6.45, 7) is 14.2. The molecular formula is C16H31ISi. The zero-order valence-electron chi connectivity index (χ0n) is 13.2. The molecule has 0 atom stereocenters. The molecule has 18 heavy (non-hydrogen) atoms. The van der Waals surface area contributed by atoms with Gasteiger partial charge in [-0.3, -0.25) is 0 Å². The molecule has 0 unspecified atom stereocenters. The van der Waals surface area contributed by atoms with Crippen LogP contribution in [-0.4, -0.2) is 8.07 Å². The van der Waals surface area contributed by atoms with Gasteiger partial charge in [0.25, 0.3) is 0 Å². The van der Waals surface area contributed by atoms with E-state index in [0.29, 0.717) is 0 Å². The molecule has 0 heterocycles. The fraction of sp³-hybridized carbons (Fsp3) is 0.750. The van der Waals surface area contributed by atoms with E-state index < -0.39 is 8.07 Å². The summed E-state index contributed by atoms with van der Waals surface area (Å²) in [5.41, 5.74) is 1.62. The Labute approximate surface area is 129 Å². The molecule has 0 N–H and O–H groups in total. The van der Waals surface area contributed by atoms with E-state index in [1.54, 1.807) is 14.3 Å². The summed E-state index contributed by atoms with van der Waals surface area (Å²) in [4.78, 5) is 0. The van der Waals surface area contributed by atoms with Gasteiger partial charge in [-0.05, 0) is 64.4 Å². The number of halogens is 1. The van der Waals surface area contributed by atoms with Crippen LogP contribution in [0.15, 0.2) is 20.4 Å². The molecule has 0 aromatic carbocycles. The van der Waals surface area contributed by atoms with Crippen LogP contribution in [0.4, 0.5) is 0 Å². The van der Waals surface area contributed by atoms with Crippen LogP contribution in [-0.2, 0) is 0 Å². The molecule has 0 rings (SSSR count). The highest BCUT2D eigenvalue weighted by molar-refractivity contribution is 14.1. The second-order valence-corrected chi connectivity index (χ2v) is 12.8. The lowest BCUT2D eigenvalue weighted by atomic mass is 10.1. The van der Waals surface area contributed by atoms with Crippen LogP contribution < -0.4 is 0 Å². The third-order valence-corrected chi connectivity index (χ3v) is 7.21. The summed E-state index contributed by atoms with van der Waals surface area (Å²) >= 11 is 2.58. The molecule has 0 fully saturated rings. The van der Waals surface area contributed by atoms with Crippen molar-refractivity contribution in [2.24, 2.45) is 0 Å². The topological polar surface area (TPSA) is 0 Å². The van der Waals surface area contributed by atoms with E-state index in [4.69, 9.17) is 0 Å². The largest absolute Gasteiger partial charge is 0.0838 e. The summed E-state index contributed by atoms with van der Waals surface area (Å²) in [7, 11) is -1.12. The molecule has 0 aliphatic carbocycles. The van der Waals surface area contributed by atoms with E-state index in [9.17, 15) is 0 Å². The highest BCUT2D eigenvalue weighted by Crippen LogP contribution is 2.27. The lowest BCUT2D eigenvalue weighted by Gasteiger charge is -2.18. The molecule has 0 aliphatic rings. The monoisotopic (exact) mass is 378 g/mol. The first-order valence-corrected chi connectivity index (χ1v) is 12.0. The predicted octanol–water partition coefficient (Wildman–Crippen LogP) is 6.88. The van der Waals surface area contributed by atoms with Gasteiger partial charge in [0.15, 0.2) is 0 Å². The van der Waals surface area contributed by atoms with Gasteiger partial charge in [0.1, 0.15) is 0 Å². The standard InChI is InChI=1S/C16H31ISi/c1-7-9-11-15(16(17)12-10-8-2)13-14(3)18(4,5)6/h13H,7-12H2,1-6H3/b14-13-,16-15+. The van der Waals surface area contributed by atoms with Crippen molar-refractivity contribution in [2.45, 2.75) is 78.9 Å². The van der Waals surface area contributed by atoms with Gasteiger partial charge in [-0.15, -0.1) is 0 Å². The SMILES string of the molecule is CCCC/C(I)=C(\C=C(\C)[Si](C)(C)C)CCCC. The van der Waals surface area contributed by atoms with Gasteiger partial charge < -0.3 is 0 Å². The second-order valence-electron chi connectivity index (χ2n) is 6.21. The van der Waals surface area contributed by atoms with E-state index in [-0.39, 0.29) is 0 Å². The zero-order chi connectivity index (χ0) is 14.2.